The summed E-state index contributed by atoms with van der Waals surface area (Å²) in [5, 5.41) is 5.39. The lowest BCUT2D eigenvalue weighted by molar-refractivity contribution is -0.149. The number of furan rings is 1. The van der Waals surface area contributed by atoms with Crippen LogP contribution in [0, 0.1) is 13.8 Å². The number of rotatable bonds is 8. The van der Waals surface area contributed by atoms with E-state index in [4.69, 9.17) is 9.15 Å². The second-order valence-electron chi connectivity index (χ2n) is 7.12. The maximum absolute atomic E-state index is 12.7. The molecule has 7 heteroatoms. The number of ether oxygens (including phenoxy) is 1. The number of aryl methyl sites for hydroxylation is 2. The lowest BCUT2D eigenvalue weighted by Gasteiger charge is -2.17. The number of carbonyl (C=O) groups is 3. The zero-order chi connectivity index (χ0) is 22.2. The Morgan fingerprint density at radius 1 is 0.935 bits per heavy atom. The molecule has 0 saturated carbocycles. The van der Waals surface area contributed by atoms with E-state index in [2.05, 4.69) is 10.6 Å². The van der Waals surface area contributed by atoms with Gasteiger partial charge >= 0.3 is 5.97 Å². The Labute approximate surface area is 180 Å². The van der Waals surface area contributed by atoms with Crippen LogP contribution in [-0.4, -0.2) is 30.4 Å². The molecule has 0 saturated heterocycles. The van der Waals surface area contributed by atoms with E-state index in [9.17, 15) is 14.4 Å². The molecule has 0 unspecified atom stereocenters. The van der Waals surface area contributed by atoms with Crippen LogP contribution in [0.2, 0.25) is 0 Å². The molecule has 0 spiro atoms. The molecule has 7 nitrogen and oxygen atoms in total. The standard InChI is InChI=1S/C24H24N2O5/c1-16-8-6-9-17(2)22(16)26-21(27)15-31-24(29)19(14-18-10-4-3-5-11-18)25-23(28)20-12-7-13-30-20/h3-13,19H,14-15H2,1-2H3,(H,25,28)(H,26,27)/t19-/m0/s1. The van der Waals surface area contributed by atoms with E-state index in [-0.39, 0.29) is 12.2 Å². The van der Waals surface area contributed by atoms with Gasteiger partial charge in [-0.2, -0.15) is 0 Å². The summed E-state index contributed by atoms with van der Waals surface area (Å²) < 4.78 is 10.3. The number of benzene rings is 2. The van der Waals surface area contributed by atoms with Crippen molar-refractivity contribution in [3.8, 4) is 0 Å². The Bertz CT molecular complexity index is 1020. The number of esters is 1. The zero-order valence-electron chi connectivity index (χ0n) is 17.4. The Balaban J connectivity index is 1.64. The molecule has 0 aliphatic rings. The molecule has 0 bridgehead atoms. The van der Waals surface area contributed by atoms with Gasteiger partial charge in [0.1, 0.15) is 6.04 Å². The quantitative estimate of drug-likeness (QED) is 0.544. The van der Waals surface area contributed by atoms with Crippen LogP contribution in [0.1, 0.15) is 27.2 Å². The average Bonchev–Trinajstić information content (AvgIpc) is 3.30. The number of carbonyl (C=O) groups excluding carboxylic acids is 3. The number of amides is 2. The van der Waals surface area contributed by atoms with E-state index in [0.717, 1.165) is 16.7 Å². The van der Waals surface area contributed by atoms with Crippen molar-refractivity contribution in [3.05, 3.63) is 89.4 Å². The van der Waals surface area contributed by atoms with Gasteiger partial charge in [-0.25, -0.2) is 4.79 Å². The summed E-state index contributed by atoms with van der Waals surface area (Å²) in [6.07, 6.45) is 1.59. The fraction of sp³-hybridized carbons (Fsp3) is 0.208. The minimum Gasteiger partial charge on any atom is -0.459 e. The minimum atomic E-state index is -0.979. The summed E-state index contributed by atoms with van der Waals surface area (Å²) in [6.45, 7) is 3.30. The monoisotopic (exact) mass is 420 g/mol. The predicted octanol–water partition coefficient (Wildman–Crippen LogP) is 3.42. The summed E-state index contributed by atoms with van der Waals surface area (Å²) in [7, 11) is 0. The molecule has 3 rings (SSSR count). The van der Waals surface area contributed by atoms with Crippen molar-refractivity contribution < 1.29 is 23.5 Å². The van der Waals surface area contributed by atoms with Gasteiger partial charge in [0.05, 0.1) is 6.26 Å². The number of para-hydroxylation sites is 1. The van der Waals surface area contributed by atoms with Crippen molar-refractivity contribution in [1.29, 1.82) is 0 Å². The second-order valence-corrected chi connectivity index (χ2v) is 7.12. The first-order valence-corrected chi connectivity index (χ1v) is 9.85. The van der Waals surface area contributed by atoms with Crippen molar-refractivity contribution in [1.82, 2.24) is 5.32 Å². The van der Waals surface area contributed by atoms with Gasteiger partial charge in [0.15, 0.2) is 12.4 Å². The largest absolute Gasteiger partial charge is 0.459 e. The van der Waals surface area contributed by atoms with E-state index in [1.807, 2.05) is 62.4 Å². The van der Waals surface area contributed by atoms with Gasteiger partial charge in [-0.05, 0) is 42.7 Å². The highest BCUT2D eigenvalue weighted by atomic mass is 16.5. The predicted molar refractivity (Wildman–Crippen MR) is 116 cm³/mol. The summed E-state index contributed by atoms with van der Waals surface area (Å²) >= 11 is 0. The molecule has 160 valence electrons. The van der Waals surface area contributed by atoms with Crippen LogP contribution >= 0.6 is 0 Å². The fourth-order valence-electron chi connectivity index (χ4n) is 3.10. The first-order chi connectivity index (χ1) is 14.9. The zero-order valence-corrected chi connectivity index (χ0v) is 17.4. The highest BCUT2D eigenvalue weighted by Crippen LogP contribution is 2.19. The van der Waals surface area contributed by atoms with Crippen molar-refractivity contribution in [2.75, 3.05) is 11.9 Å². The van der Waals surface area contributed by atoms with Gasteiger partial charge in [0.25, 0.3) is 11.8 Å². The van der Waals surface area contributed by atoms with Crippen molar-refractivity contribution in [2.24, 2.45) is 0 Å². The first-order valence-electron chi connectivity index (χ1n) is 9.85. The van der Waals surface area contributed by atoms with Crippen LogP contribution in [0.4, 0.5) is 5.69 Å². The Morgan fingerprint density at radius 2 is 1.65 bits per heavy atom. The van der Waals surface area contributed by atoms with Crippen LogP contribution in [0.5, 0.6) is 0 Å². The molecular formula is C24H24N2O5. The van der Waals surface area contributed by atoms with Gasteiger partial charge in [-0.1, -0.05) is 48.5 Å². The van der Waals surface area contributed by atoms with E-state index < -0.39 is 30.4 Å². The first kappa shape index (κ1) is 21.8. The SMILES string of the molecule is Cc1cccc(C)c1NC(=O)COC(=O)[C@H](Cc1ccccc1)NC(=O)c1ccco1. The van der Waals surface area contributed by atoms with Gasteiger partial charge in [0.2, 0.25) is 0 Å². The molecule has 3 aromatic rings. The Kier molecular flexibility index (Phi) is 7.22. The van der Waals surface area contributed by atoms with Gasteiger partial charge in [-0.3, -0.25) is 9.59 Å². The number of hydrogen-bond acceptors (Lipinski definition) is 5. The minimum absolute atomic E-state index is 0.0821. The number of nitrogens with one attached hydrogen (secondary N) is 2. The van der Waals surface area contributed by atoms with E-state index in [0.29, 0.717) is 5.69 Å². The van der Waals surface area contributed by atoms with Crippen LogP contribution in [0.15, 0.2) is 71.3 Å². The maximum Gasteiger partial charge on any atom is 0.329 e. The highest BCUT2D eigenvalue weighted by Gasteiger charge is 2.25. The van der Waals surface area contributed by atoms with Gasteiger partial charge < -0.3 is 19.8 Å². The van der Waals surface area contributed by atoms with E-state index in [1.165, 1.54) is 12.3 Å². The van der Waals surface area contributed by atoms with Crippen LogP contribution in [0.3, 0.4) is 0 Å². The van der Waals surface area contributed by atoms with Gasteiger partial charge in [0, 0.05) is 12.1 Å². The molecule has 0 aliphatic heterocycles. The molecule has 1 aromatic heterocycles. The summed E-state index contributed by atoms with van der Waals surface area (Å²) in [6, 6.07) is 17.0. The van der Waals surface area contributed by atoms with E-state index in [1.54, 1.807) is 6.07 Å². The average molecular weight is 420 g/mol. The van der Waals surface area contributed by atoms with E-state index >= 15 is 0 Å². The lowest BCUT2D eigenvalue weighted by Crippen LogP contribution is -2.44. The molecular weight excluding hydrogens is 396 g/mol. The topological polar surface area (TPSA) is 97.6 Å². The van der Waals surface area contributed by atoms with Crippen LogP contribution in [0.25, 0.3) is 0 Å². The van der Waals surface area contributed by atoms with Crippen molar-refractivity contribution in [3.63, 3.8) is 0 Å². The van der Waals surface area contributed by atoms with Crippen molar-refractivity contribution >= 4 is 23.5 Å². The Morgan fingerprint density at radius 3 is 2.29 bits per heavy atom. The number of hydrogen-bond donors (Lipinski definition) is 2. The molecule has 2 aromatic carbocycles. The molecule has 0 aliphatic carbocycles. The molecule has 1 atom stereocenters. The number of anilines is 1. The third kappa shape index (κ3) is 6.05. The molecule has 31 heavy (non-hydrogen) atoms. The van der Waals surface area contributed by atoms with Crippen LogP contribution < -0.4 is 10.6 Å². The van der Waals surface area contributed by atoms with Crippen LogP contribution in [-0.2, 0) is 20.7 Å². The highest BCUT2D eigenvalue weighted by molar-refractivity contribution is 5.96. The fourth-order valence-corrected chi connectivity index (χ4v) is 3.10. The molecule has 2 N–H and O–H groups in total. The third-order valence-corrected chi connectivity index (χ3v) is 4.71. The molecule has 2 amide bonds. The molecule has 1 heterocycles. The van der Waals surface area contributed by atoms with Crippen molar-refractivity contribution in [2.45, 2.75) is 26.3 Å². The lowest BCUT2D eigenvalue weighted by atomic mass is 10.1. The second kappa shape index (κ2) is 10.2. The molecule has 0 fully saturated rings. The maximum atomic E-state index is 12.7. The summed E-state index contributed by atoms with van der Waals surface area (Å²) in [5.41, 5.74) is 3.35. The van der Waals surface area contributed by atoms with Gasteiger partial charge in [-0.15, -0.1) is 0 Å². The summed E-state index contributed by atoms with van der Waals surface area (Å²) in [5.74, 6) is -1.62. The third-order valence-electron chi connectivity index (χ3n) is 4.71. The normalized spacial score (nSPS) is 11.4. The summed E-state index contributed by atoms with van der Waals surface area (Å²) in [4.78, 5) is 37.4. The smallest absolute Gasteiger partial charge is 0.329 e. The Hall–Kier alpha value is -3.87. The molecule has 0 radical (unpaired) electrons.